The van der Waals surface area contributed by atoms with Crippen molar-refractivity contribution in [3.63, 3.8) is 0 Å². The number of benzene rings is 1. The Morgan fingerprint density at radius 2 is 2.10 bits per heavy atom. The molecule has 0 aliphatic heterocycles. The molecule has 3 nitrogen and oxygen atoms in total. The Morgan fingerprint density at radius 1 is 1.33 bits per heavy atom. The Labute approximate surface area is 126 Å². The van der Waals surface area contributed by atoms with Crippen molar-refractivity contribution in [2.45, 2.75) is 58.3 Å². The van der Waals surface area contributed by atoms with Gasteiger partial charge in [0.15, 0.2) is 11.6 Å². The van der Waals surface area contributed by atoms with Crippen molar-refractivity contribution in [1.82, 2.24) is 5.32 Å². The van der Waals surface area contributed by atoms with Crippen LogP contribution in [-0.4, -0.2) is 23.9 Å². The van der Waals surface area contributed by atoms with Gasteiger partial charge in [0.1, 0.15) is 6.10 Å². The highest BCUT2D eigenvalue weighted by Crippen LogP contribution is 2.26. The van der Waals surface area contributed by atoms with E-state index in [9.17, 15) is 9.50 Å². The first-order chi connectivity index (χ1) is 10.1. The van der Waals surface area contributed by atoms with Crippen LogP contribution in [0.2, 0.25) is 0 Å². The molecule has 2 unspecified atom stereocenters. The molecule has 0 spiro atoms. The highest BCUT2D eigenvalue weighted by molar-refractivity contribution is 5.29. The lowest BCUT2D eigenvalue weighted by Gasteiger charge is -2.28. The lowest BCUT2D eigenvalue weighted by atomic mass is 9.95. The SMILES string of the molecule is CC(C)CNCc1ccc(OC2CCCCC2O)c(F)c1. The number of hydrogen-bond acceptors (Lipinski definition) is 3. The first-order valence-electron chi connectivity index (χ1n) is 7.90. The van der Waals surface area contributed by atoms with Gasteiger partial charge >= 0.3 is 0 Å². The molecule has 1 aromatic carbocycles. The van der Waals surface area contributed by atoms with Crippen molar-refractivity contribution in [3.05, 3.63) is 29.6 Å². The number of aliphatic hydroxyl groups is 1. The van der Waals surface area contributed by atoms with Gasteiger partial charge in [0, 0.05) is 6.54 Å². The van der Waals surface area contributed by atoms with E-state index in [-0.39, 0.29) is 17.7 Å². The first-order valence-corrected chi connectivity index (χ1v) is 7.90. The normalized spacial score (nSPS) is 22.5. The van der Waals surface area contributed by atoms with Gasteiger partial charge in [-0.25, -0.2) is 4.39 Å². The zero-order chi connectivity index (χ0) is 15.2. The highest BCUT2D eigenvalue weighted by Gasteiger charge is 2.25. The van der Waals surface area contributed by atoms with Crippen LogP contribution in [0.5, 0.6) is 5.75 Å². The number of ether oxygens (including phenoxy) is 1. The third-order valence-corrected chi connectivity index (χ3v) is 3.82. The van der Waals surface area contributed by atoms with Crippen LogP contribution >= 0.6 is 0 Å². The zero-order valence-corrected chi connectivity index (χ0v) is 12.9. The molecule has 118 valence electrons. The molecule has 0 heterocycles. The van der Waals surface area contributed by atoms with Crippen LogP contribution in [0.3, 0.4) is 0 Å². The summed E-state index contributed by atoms with van der Waals surface area (Å²) < 4.78 is 19.7. The maximum atomic E-state index is 14.1. The molecule has 2 atom stereocenters. The van der Waals surface area contributed by atoms with E-state index in [0.29, 0.717) is 12.5 Å². The Hall–Kier alpha value is -1.13. The molecular weight excluding hydrogens is 269 g/mol. The smallest absolute Gasteiger partial charge is 0.165 e. The molecule has 0 aromatic heterocycles. The summed E-state index contributed by atoms with van der Waals surface area (Å²) in [7, 11) is 0. The van der Waals surface area contributed by atoms with E-state index in [1.807, 2.05) is 6.07 Å². The van der Waals surface area contributed by atoms with Gasteiger partial charge in [0.05, 0.1) is 6.10 Å². The van der Waals surface area contributed by atoms with E-state index in [2.05, 4.69) is 19.2 Å². The summed E-state index contributed by atoms with van der Waals surface area (Å²) in [5.74, 6) is 0.468. The largest absolute Gasteiger partial charge is 0.485 e. The maximum Gasteiger partial charge on any atom is 0.165 e. The molecule has 2 rings (SSSR count). The van der Waals surface area contributed by atoms with E-state index < -0.39 is 6.10 Å². The molecular formula is C17H26FNO2. The van der Waals surface area contributed by atoms with Gasteiger partial charge in [-0.15, -0.1) is 0 Å². The summed E-state index contributed by atoms with van der Waals surface area (Å²) in [6.45, 7) is 5.84. The summed E-state index contributed by atoms with van der Waals surface area (Å²) in [5.41, 5.74) is 0.907. The molecule has 1 aliphatic carbocycles. The van der Waals surface area contributed by atoms with E-state index in [4.69, 9.17) is 4.74 Å². The number of nitrogens with one attached hydrogen (secondary N) is 1. The Morgan fingerprint density at radius 3 is 2.76 bits per heavy atom. The zero-order valence-electron chi connectivity index (χ0n) is 12.9. The standard InChI is InChI=1S/C17H26FNO2/c1-12(2)10-19-11-13-7-8-16(14(18)9-13)21-17-6-4-3-5-15(17)20/h7-9,12,15,17,19-20H,3-6,10-11H2,1-2H3. The number of rotatable bonds is 6. The van der Waals surface area contributed by atoms with Gasteiger partial charge in [-0.3, -0.25) is 0 Å². The predicted octanol–water partition coefficient (Wildman–Crippen LogP) is 3.25. The van der Waals surface area contributed by atoms with Crippen LogP contribution in [0.1, 0.15) is 45.1 Å². The van der Waals surface area contributed by atoms with E-state index in [1.54, 1.807) is 6.07 Å². The average Bonchev–Trinajstić information content (AvgIpc) is 2.43. The third-order valence-electron chi connectivity index (χ3n) is 3.82. The molecule has 21 heavy (non-hydrogen) atoms. The van der Waals surface area contributed by atoms with Crippen LogP contribution in [0.15, 0.2) is 18.2 Å². The highest BCUT2D eigenvalue weighted by atomic mass is 19.1. The topological polar surface area (TPSA) is 41.5 Å². The molecule has 4 heteroatoms. The average molecular weight is 295 g/mol. The van der Waals surface area contributed by atoms with Crippen molar-refractivity contribution in [1.29, 1.82) is 0 Å². The van der Waals surface area contributed by atoms with Gasteiger partial charge in [0.2, 0.25) is 0 Å². The number of hydrogen-bond donors (Lipinski definition) is 2. The molecule has 0 saturated heterocycles. The minimum Gasteiger partial charge on any atom is -0.485 e. The van der Waals surface area contributed by atoms with E-state index in [0.717, 1.165) is 37.8 Å². The second kappa shape index (κ2) is 7.76. The van der Waals surface area contributed by atoms with Crippen LogP contribution in [0.4, 0.5) is 4.39 Å². The number of aliphatic hydroxyl groups excluding tert-OH is 1. The van der Waals surface area contributed by atoms with Gasteiger partial charge < -0.3 is 15.2 Å². The summed E-state index contributed by atoms with van der Waals surface area (Å²) in [4.78, 5) is 0. The Balaban J connectivity index is 1.92. The minimum absolute atomic E-state index is 0.244. The minimum atomic E-state index is -0.481. The Kier molecular flexibility index (Phi) is 6.00. The predicted molar refractivity (Wildman–Crippen MR) is 81.8 cm³/mol. The van der Waals surface area contributed by atoms with Crippen molar-refractivity contribution < 1.29 is 14.2 Å². The second-order valence-corrected chi connectivity index (χ2v) is 6.30. The van der Waals surface area contributed by atoms with Crippen LogP contribution in [-0.2, 0) is 6.54 Å². The summed E-state index contributed by atoms with van der Waals surface area (Å²) in [6.07, 6.45) is 2.82. The van der Waals surface area contributed by atoms with Crippen molar-refractivity contribution in [2.75, 3.05) is 6.54 Å². The maximum absolute atomic E-state index is 14.1. The third kappa shape index (κ3) is 4.97. The lowest BCUT2D eigenvalue weighted by Crippen LogP contribution is -2.34. The van der Waals surface area contributed by atoms with Crippen molar-refractivity contribution in [3.8, 4) is 5.75 Å². The quantitative estimate of drug-likeness (QED) is 0.846. The van der Waals surface area contributed by atoms with Crippen LogP contribution < -0.4 is 10.1 Å². The Bertz CT molecular complexity index is 450. The molecule has 1 aromatic rings. The molecule has 1 fully saturated rings. The van der Waals surface area contributed by atoms with Crippen molar-refractivity contribution >= 4 is 0 Å². The second-order valence-electron chi connectivity index (χ2n) is 6.30. The van der Waals surface area contributed by atoms with Gasteiger partial charge in [0.25, 0.3) is 0 Å². The number of halogens is 1. The van der Waals surface area contributed by atoms with Gasteiger partial charge in [-0.2, -0.15) is 0 Å². The molecule has 0 radical (unpaired) electrons. The molecule has 0 bridgehead atoms. The van der Waals surface area contributed by atoms with Crippen molar-refractivity contribution in [2.24, 2.45) is 5.92 Å². The fraction of sp³-hybridized carbons (Fsp3) is 0.647. The van der Waals surface area contributed by atoms with E-state index in [1.165, 1.54) is 6.07 Å². The summed E-state index contributed by atoms with van der Waals surface area (Å²) in [6, 6.07) is 5.06. The molecule has 1 aliphatic rings. The van der Waals surface area contributed by atoms with Crippen LogP contribution in [0, 0.1) is 11.7 Å². The molecule has 2 N–H and O–H groups in total. The monoisotopic (exact) mass is 295 g/mol. The molecule has 0 amide bonds. The van der Waals surface area contributed by atoms with Gasteiger partial charge in [-0.1, -0.05) is 26.3 Å². The first kappa shape index (κ1) is 16.2. The van der Waals surface area contributed by atoms with E-state index >= 15 is 0 Å². The fourth-order valence-corrected chi connectivity index (χ4v) is 2.63. The van der Waals surface area contributed by atoms with Crippen LogP contribution in [0.25, 0.3) is 0 Å². The molecule has 1 saturated carbocycles. The lowest BCUT2D eigenvalue weighted by molar-refractivity contribution is 0.00498. The van der Waals surface area contributed by atoms with Gasteiger partial charge in [-0.05, 0) is 49.4 Å². The summed E-state index contributed by atoms with van der Waals surface area (Å²) in [5, 5.41) is 13.2. The summed E-state index contributed by atoms with van der Waals surface area (Å²) >= 11 is 0. The fourth-order valence-electron chi connectivity index (χ4n) is 2.63.